The summed E-state index contributed by atoms with van der Waals surface area (Å²) in [5.74, 6) is 0.230. The zero-order chi connectivity index (χ0) is 11.5. The Morgan fingerprint density at radius 1 is 1.38 bits per heavy atom. The molecule has 1 aliphatic heterocycles. The van der Waals surface area contributed by atoms with Crippen molar-refractivity contribution in [1.82, 2.24) is 4.90 Å². The van der Waals surface area contributed by atoms with Crippen molar-refractivity contribution >= 4 is 33.1 Å². The van der Waals surface area contributed by atoms with Crippen molar-refractivity contribution in [3.63, 3.8) is 0 Å². The van der Waals surface area contributed by atoms with Crippen LogP contribution >= 0.6 is 28.1 Å². The molecule has 0 radical (unpaired) electrons. The number of phenolic OH excluding ortho intramolecular Hbond substituents is 1. The summed E-state index contributed by atoms with van der Waals surface area (Å²) in [6, 6.07) is 5.12. The molecule has 3 nitrogen and oxygen atoms in total. The molecule has 0 saturated carbocycles. The molecule has 1 saturated heterocycles. The van der Waals surface area contributed by atoms with Crippen LogP contribution in [0, 0.1) is 0 Å². The fraction of sp³-hybridized carbons (Fsp3) is 0.364. The number of nitrogens with zero attached hydrogens (tertiary/aromatic N) is 1. The number of morpholine rings is 1. The summed E-state index contributed by atoms with van der Waals surface area (Å²) in [6.07, 6.45) is 0. The number of hydrogen-bond acceptors (Lipinski definition) is 3. The summed E-state index contributed by atoms with van der Waals surface area (Å²) < 4.78 is 6.18. The molecular weight excluding hydrogens is 290 g/mol. The van der Waals surface area contributed by atoms with Crippen molar-refractivity contribution in [2.45, 2.75) is 0 Å². The highest BCUT2D eigenvalue weighted by Crippen LogP contribution is 2.24. The second-order valence-electron chi connectivity index (χ2n) is 3.57. The Labute approximate surface area is 108 Å². The van der Waals surface area contributed by atoms with Crippen molar-refractivity contribution in [3.05, 3.63) is 28.2 Å². The van der Waals surface area contributed by atoms with Gasteiger partial charge in [0.05, 0.1) is 13.2 Å². The van der Waals surface area contributed by atoms with Crippen LogP contribution in [0.15, 0.2) is 22.7 Å². The first-order valence-electron chi connectivity index (χ1n) is 5.04. The minimum absolute atomic E-state index is 0.230. The van der Waals surface area contributed by atoms with E-state index < -0.39 is 0 Å². The molecule has 1 fully saturated rings. The van der Waals surface area contributed by atoms with Crippen molar-refractivity contribution < 1.29 is 9.84 Å². The van der Waals surface area contributed by atoms with Crippen LogP contribution in [0.3, 0.4) is 0 Å². The van der Waals surface area contributed by atoms with Crippen LogP contribution in [-0.2, 0) is 4.74 Å². The molecule has 86 valence electrons. The molecule has 1 aromatic carbocycles. The predicted molar refractivity (Wildman–Crippen MR) is 69.9 cm³/mol. The number of halogens is 1. The molecule has 1 aromatic rings. The molecule has 5 heteroatoms. The number of aromatic hydroxyl groups is 1. The van der Waals surface area contributed by atoms with Gasteiger partial charge >= 0.3 is 0 Å². The van der Waals surface area contributed by atoms with E-state index in [2.05, 4.69) is 20.8 Å². The van der Waals surface area contributed by atoms with E-state index in [1.807, 2.05) is 0 Å². The molecule has 0 bridgehead atoms. The zero-order valence-corrected chi connectivity index (χ0v) is 11.1. The van der Waals surface area contributed by atoms with E-state index in [-0.39, 0.29) is 5.75 Å². The summed E-state index contributed by atoms with van der Waals surface area (Å²) in [5.41, 5.74) is 0.858. The standard InChI is InChI=1S/C11H12BrNO2S/c12-10-2-1-8(14)7-9(10)11(16)13-3-5-15-6-4-13/h1-2,7,14H,3-6H2. The Morgan fingerprint density at radius 3 is 2.75 bits per heavy atom. The van der Waals surface area contributed by atoms with E-state index >= 15 is 0 Å². The monoisotopic (exact) mass is 301 g/mol. The third kappa shape index (κ3) is 2.53. The maximum atomic E-state index is 9.46. The van der Waals surface area contributed by atoms with Gasteiger partial charge in [-0.05, 0) is 18.2 Å². The van der Waals surface area contributed by atoms with E-state index in [1.54, 1.807) is 18.2 Å². The Kier molecular flexibility index (Phi) is 3.78. The lowest BCUT2D eigenvalue weighted by Gasteiger charge is -2.29. The van der Waals surface area contributed by atoms with Gasteiger partial charge in [0.15, 0.2) is 0 Å². The second-order valence-corrected chi connectivity index (χ2v) is 4.81. The Balaban J connectivity index is 2.22. The molecule has 2 rings (SSSR count). The lowest BCUT2D eigenvalue weighted by atomic mass is 10.2. The third-order valence-corrected chi connectivity index (χ3v) is 3.65. The lowest BCUT2D eigenvalue weighted by molar-refractivity contribution is 0.0692. The first kappa shape index (κ1) is 11.8. The zero-order valence-electron chi connectivity index (χ0n) is 8.65. The lowest BCUT2D eigenvalue weighted by Crippen LogP contribution is -2.40. The van der Waals surface area contributed by atoms with Crippen molar-refractivity contribution in [2.24, 2.45) is 0 Å². The van der Waals surface area contributed by atoms with Crippen LogP contribution in [0.1, 0.15) is 5.56 Å². The fourth-order valence-corrected chi connectivity index (χ4v) is 2.53. The van der Waals surface area contributed by atoms with Gasteiger partial charge in [-0.1, -0.05) is 28.1 Å². The summed E-state index contributed by atoms with van der Waals surface area (Å²) in [5, 5.41) is 9.46. The van der Waals surface area contributed by atoms with Crippen LogP contribution in [0.4, 0.5) is 0 Å². The minimum atomic E-state index is 0.230. The van der Waals surface area contributed by atoms with Gasteiger partial charge in [0, 0.05) is 23.1 Å². The molecule has 16 heavy (non-hydrogen) atoms. The van der Waals surface area contributed by atoms with E-state index in [0.29, 0.717) is 13.2 Å². The molecule has 0 aromatic heterocycles. The number of rotatable bonds is 1. The fourth-order valence-electron chi connectivity index (χ4n) is 1.61. The summed E-state index contributed by atoms with van der Waals surface area (Å²) in [4.78, 5) is 2.85. The van der Waals surface area contributed by atoms with E-state index in [0.717, 1.165) is 28.1 Å². The van der Waals surface area contributed by atoms with Gasteiger partial charge < -0.3 is 14.7 Å². The van der Waals surface area contributed by atoms with Crippen LogP contribution in [0.25, 0.3) is 0 Å². The normalized spacial score (nSPS) is 16.2. The number of hydrogen-bond donors (Lipinski definition) is 1. The first-order chi connectivity index (χ1) is 7.68. The molecule has 0 atom stereocenters. The average molecular weight is 302 g/mol. The molecule has 0 aliphatic carbocycles. The average Bonchev–Trinajstić information content (AvgIpc) is 2.32. The Morgan fingerprint density at radius 2 is 2.06 bits per heavy atom. The maximum absolute atomic E-state index is 9.46. The van der Waals surface area contributed by atoms with E-state index in [9.17, 15) is 5.11 Å². The second kappa shape index (κ2) is 5.12. The van der Waals surface area contributed by atoms with Gasteiger partial charge in [-0.3, -0.25) is 0 Å². The summed E-state index contributed by atoms with van der Waals surface area (Å²) in [7, 11) is 0. The van der Waals surface area contributed by atoms with Crippen molar-refractivity contribution in [1.29, 1.82) is 0 Å². The highest BCUT2D eigenvalue weighted by atomic mass is 79.9. The van der Waals surface area contributed by atoms with Crippen LogP contribution in [0.2, 0.25) is 0 Å². The number of benzene rings is 1. The van der Waals surface area contributed by atoms with Gasteiger partial charge in [0.25, 0.3) is 0 Å². The SMILES string of the molecule is Oc1ccc(Br)c(C(=S)N2CCOCC2)c1. The molecule has 0 unspecified atom stereocenters. The smallest absolute Gasteiger partial charge is 0.116 e. The van der Waals surface area contributed by atoms with Gasteiger partial charge in [0.1, 0.15) is 10.7 Å². The predicted octanol–water partition coefficient (Wildman–Crippen LogP) is 2.16. The van der Waals surface area contributed by atoms with Crippen molar-refractivity contribution in [2.75, 3.05) is 26.3 Å². The van der Waals surface area contributed by atoms with Gasteiger partial charge in [-0.25, -0.2) is 0 Å². The molecule has 0 spiro atoms. The summed E-state index contributed by atoms with van der Waals surface area (Å²) in [6.45, 7) is 3.02. The Hall–Kier alpha value is -0.650. The van der Waals surface area contributed by atoms with E-state index in [1.165, 1.54) is 0 Å². The molecular formula is C11H12BrNO2S. The van der Waals surface area contributed by atoms with Gasteiger partial charge in [0.2, 0.25) is 0 Å². The van der Waals surface area contributed by atoms with E-state index in [4.69, 9.17) is 17.0 Å². The largest absolute Gasteiger partial charge is 0.508 e. The van der Waals surface area contributed by atoms with Gasteiger partial charge in [-0.15, -0.1) is 0 Å². The quantitative estimate of drug-likeness (QED) is 0.806. The van der Waals surface area contributed by atoms with Crippen molar-refractivity contribution in [3.8, 4) is 5.75 Å². The van der Waals surface area contributed by atoms with Gasteiger partial charge in [-0.2, -0.15) is 0 Å². The first-order valence-corrected chi connectivity index (χ1v) is 6.24. The highest BCUT2D eigenvalue weighted by molar-refractivity contribution is 9.10. The molecule has 1 aliphatic rings. The van der Waals surface area contributed by atoms with Crippen LogP contribution in [0.5, 0.6) is 5.75 Å². The topological polar surface area (TPSA) is 32.7 Å². The molecule has 1 heterocycles. The third-order valence-electron chi connectivity index (χ3n) is 2.48. The maximum Gasteiger partial charge on any atom is 0.116 e. The Bertz CT molecular complexity index is 405. The number of phenols is 1. The number of ether oxygens (including phenoxy) is 1. The molecule has 1 N–H and O–H groups in total. The van der Waals surface area contributed by atoms with Crippen LogP contribution in [-0.4, -0.2) is 41.3 Å². The highest BCUT2D eigenvalue weighted by Gasteiger charge is 2.17. The number of thiocarbonyl (C=S) groups is 1. The minimum Gasteiger partial charge on any atom is -0.508 e. The van der Waals surface area contributed by atoms with Crippen LogP contribution < -0.4 is 0 Å². The molecule has 0 amide bonds. The summed E-state index contributed by atoms with van der Waals surface area (Å²) >= 11 is 8.86.